The third-order valence-electron chi connectivity index (χ3n) is 4.20. The number of carboxylic acids is 2. The maximum Gasteiger partial charge on any atom is 0.417 e. The van der Waals surface area contributed by atoms with Gasteiger partial charge in [-0.2, -0.15) is 0 Å². The van der Waals surface area contributed by atoms with Crippen molar-refractivity contribution in [3.63, 3.8) is 0 Å². The van der Waals surface area contributed by atoms with Crippen molar-refractivity contribution in [2.45, 2.75) is 0 Å². The molecule has 0 radical (unpaired) electrons. The second-order valence-electron chi connectivity index (χ2n) is 6.41. The summed E-state index contributed by atoms with van der Waals surface area (Å²) in [4.78, 5) is 48.4. The number of halogens is 2. The molecule has 0 bridgehead atoms. The minimum Gasteiger partial charge on any atom is -0.478 e. The Hall–Kier alpha value is -4.28. The maximum atomic E-state index is 12.5. The fourth-order valence-electron chi connectivity index (χ4n) is 2.73. The highest BCUT2D eigenvalue weighted by Crippen LogP contribution is 2.33. The van der Waals surface area contributed by atoms with Crippen LogP contribution in [0.2, 0.25) is 10.0 Å². The van der Waals surface area contributed by atoms with Crippen molar-refractivity contribution in [3.8, 4) is 11.5 Å². The molecule has 0 atom stereocenters. The third kappa shape index (κ3) is 5.74. The Morgan fingerprint density at radius 1 is 0.618 bits per heavy atom. The minimum atomic E-state index is -1.52. The molecule has 0 saturated carbocycles. The van der Waals surface area contributed by atoms with Crippen LogP contribution in [0, 0.1) is 0 Å². The highest BCUT2D eigenvalue weighted by Gasteiger charge is 2.25. The molecule has 12 heteroatoms. The van der Waals surface area contributed by atoms with E-state index in [0.717, 1.165) is 12.1 Å². The molecule has 3 aromatic carbocycles. The number of hydrogen-bond acceptors (Lipinski definition) is 6. The Morgan fingerprint density at radius 2 is 0.971 bits per heavy atom. The van der Waals surface area contributed by atoms with Crippen LogP contribution in [-0.4, -0.2) is 34.3 Å². The summed E-state index contributed by atoms with van der Waals surface area (Å²) in [6.45, 7) is 0. The number of nitrogens with one attached hydrogen (secondary N) is 2. The number of carboxylic acid groups (broad SMARTS) is 2. The molecule has 4 N–H and O–H groups in total. The van der Waals surface area contributed by atoms with Gasteiger partial charge >= 0.3 is 24.1 Å². The molecule has 3 aromatic rings. The normalized spacial score (nSPS) is 10.2. The van der Waals surface area contributed by atoms with Crippen LogP contribution in [0.3, 0.4) is 0 Å². The summed E-state index contributed by atoms with van der Waals surface area (Å²) in [5.41, 5.74) is -2.18. The lowest BCUT2D eigenvalue weighted by molar-refractivity contribution is 0.0682. The van der Waals surface area contributed by atoms with Gasteiger partial charge in [0, 0.05) is 0 Å². The first-order chi connectivity index (χ1) is 16.2. The Bertz CT molecular complexity index is 1200. The predicted octanol–water partition coefficient (Wildman–Crippen LogP) is 5.61. The van der Waals surface area contributed by atoms with Crippen LogP contribution in [-0.2, 0) is 0 Å². The van der Waals surface area contributed by atoms with Gasteiger partial charge in [-0.1, -0.05) is 47.5 Å². The van der Waals surface area contributed by atoms with Crippen molar-refractivity contribution in [2.75, 3.05) is 10.6 Å². The number of hydrogen-bond donors (Lipinski definition) is 4. The summed E-state index contributed by atoms with van der Waals surface area (Å²) in [6, 6.07) is 13.8. The summed E-state index contributed by atoms with van der Waals surface area (Å²) in [6.07, 6.45) is -2.39. The van der Waals surface area contributed by atoms with Crippen LogP contribution in [0.5, 0.6) is 11.5 Å². The van der Waals surface area contributed by atoms with E-state index in [1.165, 1.54) is 24.3 Å². The molecule has 0 aliphatic rings. The highest BCUT2D eigenvalue weighted by molar-refractivity contribution is 6.32. The Morgan fingerprint density at radius 3 is 1.29 bits per heavy atom. The minimum absolute atomic E-state index is 0.0411. The zero-order chi connectivity index (χ0) is 24.8. The van der Waals surface area contributed by atoms with E-state index in [0.29, 0.717) is 0 Å². The largest absolute Gasteiger partial charge is 0.478 e. The maximum absolute atomic E-state index is 12.5. The second kappa shape index (κ2) is 10.6. The number of rotatable bonds is 6. The summed E-state index contributed by atoms with van der Waals surface area (Å²) >= 11 is 11.9. The van der Waals surface area contributed by atoms with Crippen LogP contribution >= 0.6 is 23.2 Å². The number of carbonyl (C=O) groups excluding carboxylic acids is 2. The van der Waals surface area contributed by atoms with E-state index >= 15 is 0 Å². The number of anilines is 2. The molecule has 3 rings (SSSR count). The lowest BCUT2D eigenvalue weighted by atomic mass is 10.1. The van der Waals surface area contributed by atoms with E-state index in [-0.39, 0.29) is 21.5 Å². The van der Waals surface area contributed by atoms with Crippen molar-refractivity contribution in [1.82, 2.24) is 0 Å². The molecule has 0 saturated heterocycles. The van der Waals surface area contributed by atoms with Crippen molar-refractivity contribution in [1.29, 1.82) is 0 Å². The van der Waals surface area contributed by atoms with E-state index in [4.69, 9.17) is 32.7 Å². The number of benzene rings is 3. The molecule has 0 heterocycles. The Kier molecular flexibility index (Phi) is 7.57. The van der Waals surface area contributed by atoms with E-state index in [1.807, 2.05) is 0 Å². The summed E-state index contributed by atoms with van der Waals surface area (Å²) in [5.74, 6) is -3.12. The summed E-state index contributed by atoms with van der Waals surface area (Å²) in [7, 11) is 0. The van der Waals surface area contributed by atoms with Gasteiger partial charge in [0.2, 0.25) is 0 Å². The summed E-state index contributed by atoms with van der Waals surface area (Å²) < 4.78 is 10.1. The van der Waals surface area contributed by atoms with Crippen LogP contribution < -0.4 is 20.1 Å². The standard InChI is InChI=1S/C22H14Cl2N2O8/c23-13-5-1-3-7-15(13)33-21(31)25-17-11(19(27)28)9-10-12(20(29)30)18(17)26-22(32)34-16-8-4-2-6-14(16)24/h1-10H,(H,25,31)(H,26,32)(H,27,28)(H,29,30). The average Bonchev–Trinajstić information content (AvgIpc) is 2.77. The number of amides is 2. The van der Waals surface area contributed by atoms with Crippen molar-refractivity contribution in [3.05, 3.63) is 81.8 Å². The quantitative estimate of drug-likeness (QED) is 0.337. The molecule has 0 aromatic heterocycles. The fourth-order valence-corrected chi connectivity index (χ4v) is 3.08. The van der Waals surface area contributed by atoms with Gasteiger partial charge in [-0.15, -0.1) is 0 Å². The monoisotopic (exact) mass is 504 g/mol. The number of carbonyl (C=O) groups is 4. The molecule has 174 valence electrons. The first-order valence-corrected chi connectivity index (χ1v) is 10.0. The van der Waals surface area contributed by atoms with E-state index in [1.54, 1.807) is 24.3 Å². The smallest absolute Gasteiger partial charge is 0.417 e. The molecule has 0 spiro atoms. The predicted molar refractivity (Wildman–Crippen MR) is 123 cm³/mol. The second-order valence-corrected chi connectivity index (χ2v) is 7.23. The van der Waals surface area contributed by atoms with Gasteiger partial charge in [0.05, 0.1) is 32.5 Å². The fraction of sp³-hybridized carbons (Fsp3) is 0. The van der Waals surface area contributed by atoms with Crippen LogP contribution in [0.25, 0.3) is 0 Å². The van der Waals surface area contributed by atoms with Gasteiger partial charge < -0.3 is 19.7 Å². The number of ether oxygens (including phenoxy) is 2. The average molecular weight is 505 g/mol. The summed E-state index contributed by atoms with van der Waals surface area (Å²) in [5, 5.41) is 23.6. The number of aromatic carboxylic acids is 2. The Labute approximate surface area is 201 Å². The number of para-hydroxylation sites is 2. The van der Waals surface area contributed by atoms with E-state index < -0.39 is 46.6 Å². The lowest BCUT2D eigenvalue weighted by Gasteiger charge is -2.17. The highest BCUT2D eigenvalue weighted by atomic mass is 35.5. The van der Waals surface area contributed by atoms with Gasteiger partial charge in [0.1, 0.15) is 0 Å². The lowest BCUT2D eigenvalue weighted by Crippen LogP contribution is -2.24. The molecule has 0 fully saturated rings. The van der Waals surface area contributed by atoms with E-state index in [9.17, 15) is 29.4 Å². The molecule has 2 amide bonds. The van der Waals surface area contributed by atoms with Gasteiger partial charge in [-0.05, 0) is 36.4 Å². The van der Waals surface area contributed by atoms with Gasteiger partial charge in [-0.25, -0.2) is 19.2 Å². The first kappa shape index (κ1) is 24.4. The van der Waals surface area contributed by atoms with Gasteiger partial charge in [0.15, 0.2) is 11.5 Å². The molecular weight excluding hydrogens is 491 g/mol. The van der Waals surface area contributed by atoms with Crippen LogP contribution in [0.15, 0.2) is 60.7 Å². The molecule has 10 nitrogen and oxygen atoms in total. The van der Waals surface area contributed by atoms with E-state index in [2.05, 4.69) is 10.6 Å². The van der Waals surface area contributed by atoms with Crippen molar-refractivity contribution >= 4 is 58.7 Å². The third-order valence-corrected chi connectivity index (χ3v) is 4.82. The molecule has 0 aliphatic heterocycles. The zero-order valence-electron chi connectivity index (χ0n) is 16.9. The molecule has 0 aliphatic carbocycles. The van der Waals surface area contributed by atoms with Crippen molar-refractivity contribution in [2.24, 2.45) is 0 Å². The topological polar surface area (TPSA) is 151 Å². The van der Waals surface area contributed by atoms with Crippen LogP contribution in [0.4, 0.5) is 21.0 Å². The van der Waals surface area contributed by atoms with Gasteiger partial charge in [-0.3, -0.25) is 10.6 Å². The molecular formula is C22H14Cl2N2O8. The SMILES string of the molecule is O=C(Nc1c(C(=O)O)ccc(C(=O)O)c1NC(=O)Oc1ccccc1Cl)Oc1ccccc1Cl. The molecule has 0 unspecified atom stereocenters. The van der Waals surface area contributed by atoms with Gasteiger partial charge in [0.25, 0.3) is 0 Å². The first-order valence-electron chi connectivity index (χ1n) is 9.27. The van der Waals surface area contributed by atoms with Crippen LogP contribution in [0.1, 0.15) is 20.7 Å². The molecule has 34 heavy (non-hydrogen) atoms. The Balaban J connectivity index is 1.98. The zero-order valence-corrected chi connectivity index (χ0v) is 18.4. The van der Waals surface area contributed by atoms with Crippen molar-refractivity contribution < 1.29 is 38.9 Å².